The van der Waals surface area contributed by atoms with Crippen LogP contribution in [0.5, 0.6) is 0 Å². The van der Waals surface area contributed by atoms with E-state index in [9.17, 15) is 22.9 Å². The van der Waals surface area contributed by atoms with Crippen LogP contribution in [0.4, 0.5) is 15.8 Å². The Kier molecular flexibility index (Phi) is 5.92. The molecule has 1 fully saturated rings. The van der Waals surface area contributed by atoms with Gasteiger partial charge in [0.15, 0.2) is 0 Å². The second kappa shape index (κ2) is 8.21. The smallest absolute Gasteiger partial charge is 0.272 e. The Hall–Kier alpha value is -2.56. The summed E-state index contributed by atoms with van der Waals surface area (Å²) in [5.74, 6) is -0.598. The first-order valence-electron chi connectivity index (χ1n) is 8.32. The van der Waals surface area contributed by atoms with E-state index in [0.29, 0.717) is 13.1 Å². The van der Waals surface area contributed by atoms with Gasteiger partial charge >= 0.3 is 0 Å². The lowest BCUT2D eigenvalue weighted by Crippen LogP contribution is -2.27. The van der Waals surface area contributed by atoms with E-state index in [1.54, 1.807) is 0 Å². The highest BCUT2D eigenvalue weighted by atomic mass is 35.5. The molecule has 0 bridgehead atoms. The number of nitrogens with zero attached hydrogens (tertiary/aromatic N) is 3. The lowest BCUT2D eigenvalue weighted by atomic mass is 10.2. The molecule has 1 aliphatic rings. The van der Waals surface area contributed by atoms with Crippen LogP contribution in [0, 0.1) is 15.9 Å². The molecule has 1 saturated heterocycles. The molecule has 0 spiro atoms. The Bertz CT molecular complexity index is 1020. The molecule has 0 saturated carbocycles. The molecule has 11 heteroatoms. The number of benzene rings is 2. The minimum absolute atomic E-state index is 0.0209. The van der Waals surface area contributed by atoms with Crippen molar-refractivity contribution in [2.75, 3.05) is 18.5 Å². The normalized spacial score (nSPS) is 15.2. The van der Waals surface area contributed by atoms with E-state index in [0.717, 1.165) is 25.1 Å². The fourth-order valence-corrected chi connectivity index (χ4v) is 4.54. The molecule has 3 rings (SSSR count). The van der Waals surface area contributed by atoms with Crippen LogP contribution in [-0.4, -0.2) is 37.0 Å². The number of hydrogen-bond acceptors (Lipinski definition) is 6. The SMILES string of the molecule is O=[N+]([O-])c1cc(S(=O)(=O)N2CCCC2)ccc1NN=Cc1c(F)cccc1Cl. The molecule has 0 aromatic heterocycles. The third-order valence-corrected chi connectivity index (χ3v) is 6.47. The molecule has 0 radical (unpaired) electrons. The molecular formula is C17H16ClFN4O4S. The first kappa shape index (κ1) is 20.2. The molecule has 28 heavy (non-hydrogen) atoms. The summed E-state index contributed by atoms with van der Waals surface area (Å²) in [6.45, 7) is 0.785. The van der Waals surface area contributed by atoms with Crippen LogP contribution in [0.2, 0.25) is 5.02 Å². The molecule has 0 amide bonds. The average molecular weight is 427 g/mol. The Labute approximate surface area is 165 Å². The van der Waals surface area contributed by atoms with E-state index in [1.807, 2.05) is 0 Å². The summed E-state index contributed by atoms with van der Waals surface area (Å²) in [5, 5.41) is 15.3. The Morgan fingerprint density at radius 1 is 1.25 bits per heavy atom. The van der Waals surface area contributed by atoms with Gasteiger partial charge < -0.3 is 0 Å². The molecule has 2 aromatic rings. The van der Waals surface area contributed by atoms with Crippen LogP contribution >= 0.6 is 11.6 Å². The minimum Gasteiger partial charge on any atom is -0.272 e. The second-order valence-corrected chi connectivity index (χ2v) is 8.40. The van der Waals surface area contributed by atoms with Crippen molar-refractivity contribution in [1.82, 2.24) is 4.31 Å². The van der Waals surface area contributed by atoms with Gasteiger partial charge in [-0.15, -0.1) is 0 Å². The standard InChI is InChI=1S/C17H16ClFN4O4S/c18-14-4-3-5-15(19)13(14)11-20-21-16-7-6-12(10-17(16)23(24)25)28(26,27)22-8-1-2-9-22/h3-7,10-11,21H,1-2,8-9H2. The molecule has 0 atom stereocenters. The quantitative estimate of drug-likeness (QED) is 0.431. The zero-order valence-corrected chi connectivity index (χ0v) is 16.1. The van der Waals surface area contributed by atoms with Crippen molar-refractivity contribution >= 4 is 39.2 Å². The van der Waals surface area contributed by atoms with Crippen molar-refractivity contribution in [1.29, 1.82) is 0 Å². The number of nitro groups is 1. The van der Waals surface area contributed by atoms with Gasteiger partial charge in [-0.2, -0.15) is 9.41 Å². The number of nitrogens with one attached hydrogen (secondary N) is 1. The number of halogens is 2. The molecule has 1 heterocycles. The van der Waals surface area contributed by atoms with E-state index < -0.39 is 26.5 Å². The first-order chi connectivity index (χ1) is 13.3. The summed E-state index contributed by atoms with van der Waals surface area (Å²) in [4.78, 5) is 10.5. The predicted octanol–water partition coefficient (Wildman–Crippen LogP) is 3.62. The molecule has 8 nitrogen and oxygen atoms in total. The maximum atomic E-state index is 13.7. The second-order valence-electron chi connectivity index (χ2n) is 6.05. The van der Waals surface area contributed by atoms with E-state index in [2.05, 4.69) is 10.5 Å². The van der Waals surface area contributed by atoms with Gasteiger partial charge in [-0.05, 0) is 37.1 Å². The third kappa shape index (κ3) is 4.13. The Morgan fingerprint density at radius 2 is 1.96 bits per heavy atom. The van der Waals surface area contributed by atoms with Gasteiger partial charge in [0.2, 0.25) is 10.0 Å². The third-order valence-electron chi connectivity index (χ3n) is 4.25. The minimum atomic E-state index is -3.79. The molecule has 0 aliphatic carbocycles. The van der Waals surface area contributed by atoms with Crippen LogP contribution in [0.25, 0.3) is 0 Å². The number of sulfonamides is 1. The summed E-state index contributed by atoms with van der Waals surface area (Å²) in [6.07, 6.45) is 2.61. The molecule has 0 unspecified atom stereocenters. The van der Waals surface area contributed by atoms with Crippen LogP contribution < -0.4 is 5.43 Å². The molecule has 1 N–H and O–H groups in total. The first-order valence-corrected chi connectivity index (χ1v) is 10.1. The van der Waals surface area contributed by atoms with Crippen molar-refractivity contribution in [2.24, 2.45) is 5.10 Å². The number of anilines is 1. The number of rotatable bonds is 6. The van der Waals surface area contributed by atoms with Gasteiger partial charge in [0.05, 0.1) is 21.1 Å². The number of nitro benzene ring substituents is 1. The molecule has 1 aliphatic heterocycles. The van der Waals surface area contributed by atoms with Crippen molar-refractivity contribution < 1.29 is 17.7 Å². The fraction of sp³-hybridized carbons (Fsp3) is 0.235. The monoisotopic (exact) mass is 426 g/mol. The lowest BCUT2D eigenvalue weighted by molar-refractivity contribution is -0.384. The molecular weight excluding hydrogens is 411 g/mol. The highest BCUT2D eigenvalue weighted by Gasteiger charge is 2.29. The van der Waals surface area contributed by atoms with E-state index >= 15 is 0 Å². The van der Waals surface area contributed by atoms with E-state index in [-0.39, 0.29) is 21.2 Å². The predicted molar refractivity (Wildman–Crippen MR) is 104 cm³/mol. The van der Waals surface area contributed by atoms with Crippen molar-refractivity contribution in [3.8, 4) is 0 Å². The largest absolute Gasteiger partial charge is 0.295 e. The van der Waals surface area contributed by atoms with Gasteiger partial charge in [0.1, 0.15) is 11.5 Å². The zero-order valence-electron chi connectivity index (χ0n) is 14.5. The summed E-state index contributed by atoms with van der Waals surface area (Å²) in [7, 11) is -3.79. The lowest BCUT2D eigenvalue weighted by Gasteiger charge is -2.15. The zero-order chi connectivity index (χ0) is 20.3. The topological polar surface area (TPSA) is 105 Å². The van der Waals surface area contributed by atoms with Gasteiger partial charge in [-0.1, -0.05) is 17.7 Å². The number of hydrogen-bond donors (Lipinski definition) is 1. The highest BCUT2D eigenvalue weighted by Crippen LogP contribution is 2.30. The summed E-state index contributed by atoms with van der Waals surface area (Å²) in [5.41, 5.74) is 1.97. The van der Waals surface area contributed by atoms with Crippen molar-refractivity contribution in [2.45, 2.75) is 17.7 Å². The number of hydrazone groups is 1. The van der Waals surface area contributed by atoms with Gasteiger partial charge in [-0.25, -0.2) is 12.8 Å². The van der Waals surface area contributed by atoms with Crippen molar-refractivity contribution in [3.05, 3.63) is 62.9 Å². The maximum absolute atomic E-state index is 13.7. The Balaban J connectivity index is 1.88. The average Bonchev–Trinajstić information content (AvgIpc) is 3.19. The fourth-order valence-electron chi connectivity index (χ4n) is 2.80. The maximum Gasteiger partial charge on any atom is 0.295 e. The molecule has 2 aromatic carbocycles. The van der Waals surface area contributed by atoms with Crippen molar-refractivity contribution in [3.63, 3.8) is 0 Å². The van der Waals surface area contributed by atoms with Gasteiger partial charge in [0, 0.05) is 24.7 Å². The summed E-state index contributed by atoms with van der Waals surface area (Å²) < 4.78 is 40.2. The van der Waals surface area contributed by atoms with Crippen LogP contribution in [0.15, 0.2) is 46.4 Å². The van der Waals surface area contributed by atoms with E-state index in [1.165, 1.54) is 34.6 Å². The summed E-state index contributed by atoms with van der Waals surface area (Å²) >= 11 is 5.89. The van der Waals surface area contributed by atoms with E-state index in [4.69, 9.17) is 11.6 Å². The molecule has 148 valence electrons. The Morgan fingerprint density at radius 3 is 2.61 bits per heavy atom. The van der Waals surface area contributed by atoms with Crippen LogP contribution in [-0.2, 0) is 10.0 Å². The summed E-state index contributed by atoms with van der Waals surface area (Å²) in [6, 6.07) is 7.63. The van der Waals surface area contributed by atoms with Gasteiger partial charge in [-0.3, -0.25) is 15.5 Å². The van der Waals surface area contributed by atoms with Crippen LogP contribution in [0.1, 0.15) is 18.4 Å². The van der Waals surface area contributed by atoms with Crippen LogP contribution in [0.3, 0.4) is 0 Å². The highest BCUT2D eigenvalue weighted by molar-refractivity contribution is 7.89. The van der Waals surface area contributed by atoms with Gasteiger partial charge in [0.25, 0.3) is 5.69 Å².